The van der Waals surface area contributed by atoms with E-state index in [1.807, 2.05) is 0 Å². The number of halogens is 3. The predicted octanol–water partition coefficient (Wildman–Crippen LogP) is 7.30. The zero-order valence-corrected chi connectivity index (χ0v) is 21.0. The third kappa shape index (κ3) is 4.82. The van der Waals surface area contributed by atoms with E-state index in [-0.39, 0.29) is 17.1 Å². The quantitative estimate of drug-likeness (QED) is 0.0863. The van der Waals surface area contributed by atoms with Crippen LogP contribution >= 0.6 is 11.9 Å². The van der Waals surface area contributed by atoms with Crippen LogP contribution in [0.1, 0.15) is 41.3 Å². The fourth-order valence-corrected chi connectivity index (χ4v) is 5.01. The van der Waals surface area contributed by atoms with Gasteiger partial charge < -0.3 is 20.8 Å². The normalized spacial score (nSPS) is 13.3. The number of ketones is 1. The summed E-state index contributed by atoms with van der Waals surface area (Å²) in [6, 6.07) is 9.13. The highest BCUT2D eigenvalue weighted by Gasteiger charge is 2.25. The summed E-state index contributed by atoms with van der Waals surface area (Å²) in [5, 5.41) is 8.32. The van der Waals surface area contributed by atoms with Crippen LogP contribution in [0.4, 0.5) is 24.5 Å². The molecule has 0 unspecified atom stereocenters. The second-order valence-corrected chi connectivity index (χ2v) is 9.74. The van der Waals surface area contributed by atoms with E-state index in [0.29, 0.717) is 51.3 Å². The molecule has 5 rings (SSSR count). The second kappa shape index (κ2) is 10.2. The first-order valence-corrected chi connectivity index (χ1v) is 12.5. The summed E-state index contributed by atoms with van der Waals surface area (Å²) in [4.78, 5) is 21.3. The molecule has 4 aromatic rings. The first-order valence-electron chi connectivity index (χ1n) is 11.7. The largest absolute Gasteiger partial charge is 0.398 e. The smallest absolute Gasteiger partial charge is 0.201 e. The van der Waals surface area contributed by atoms with Crippen molar-refractivity contribution < 1.29 is 18.0 Å². The summed E-state index contributed by atoms with van der Waals surface area (Å²) in [5.74, 6) is -3.26. The van der Waals surface area contributed by atoms with E-state index in [4.69, 9.17) is 11.1 Å². The molecule has 0 bridgehead atoms. The number of H-pyrrole nitrogens is 1. The number of pyridine rings is 1. The van der Waals surface area contributed by atoms with Gasteiger partial charge in [0, 0.05) is 50.8 Å². The summed E-state index contributed by atoms with van der Waals surface area (Å²) >= 11 is 1.01. The molecule has 2 aromatic heterocycles. The lowest BCUT2D eigenvalue weighted by molar-refractivity contribution is 0.103. The zero-order valence-electron chi connectivity index (χ0n) is 20.2. The molecule has 1 aliphatic rings. The van der Waals surface area contributed by atoms with Gasteiger partial charge >= 0.3 is 0 Å². The van der Waals surface area contributed by atoms with E-state index < -0.39 is 23.0 Å². The molecule has 38 heavy (non-hydrogen) atoms. The van der Waals surface area contributed by atoms with Crippen molar-refractivity contribution >= 4 is 45.9 Å². The Balaban J connectivity index is 1.50. The summed E-state index contributed by atoms with van der Waals surface area (Å²) in [6.45, 7) is 1.63. The number of hydrogen-bond acceptors (Lipinski definition) is 6. The van der Waals surface area contributed by atoms with Crippen LogP contribution in [0.15, 0.2) is 71.7 Å². The van der Waals surface area contributed by atoms with Crippen molar-refractivity contribution in [2.75, 3.05) is 10.5 Å². The lowest BCUT2D eigenvalue weighted by Crippen LogP contribution is -2.09. The summed E-state index contributed by atoms with van der Waals surface area (Å²) in [5.41, 5.74) is 8.30. The topological polar surface area (TPSA) is 108 Å². The minimum absolute atomic E-state index is 0.0538. The number of aromatic nitrogens is 2. The lowest BCUT2D eigenvalue weighted by Gasteiger charge is -2.13. The van der Waals surface area contributed by atoms with Gasteiger partial charge in [-0.15, -0.1) is 0 Å². The molecular formula is C28H22F3N5OS. The number of nitrogen functional groups attached to an aromatic ring is 1. The Kier molecular flexibility index (Phi) is 6.81. The van der Waals surface area contributed by atoms with E-state index in [2.05, 4.69) is 14.7 Å². The molecule has 0 saturated carbocycles. The molecule has 10 heteroatoms. The van der Waals surface area contributed by atoms with Gasteiger partial charge in [0.05, 0.1) is 11.3 Å². The van der Waals surface area contributed by atoms with Crippen molar-refractivity contribution in [3.8, 4) is 11.1 Å². The number of benzene rings is 2. The van der Waals surface area contributed by atoms with Crippen molar-refractivity contribution in [2.24, 2.45) is 0 Å². The van der Waals surface area contributed by atoms with E-state index in [0.717, 1.165) is 23.6 Å². The van der Waals surface area contributed by atoms with Gasteiger partial charge in [0.25, 0.3) is 0 Å². The molecule has 1 aliphatic carbocycles. The third-order valence-corrected chi connectivity index (χ3v) is 7.11. The average molecular weight is 534 g/mol. The van der Waals surface area contributed by atoms with Gasteiger partial charge in [-0.05, 0) is 79.8 Å². The monoisotopic (exact) mass is 533 g/mol. The van der Waals surface area contributed by atoms with Crippen molar-refractivity contribution in [1.29, 1.82) is 5.41 Å². The highest BCUT2D eigenvalue weighted by atomic mass is 32.2. The number of nitrogens with two attached hydrogens (primary N) is 1. The standard InChI is InChI=1S/C28H22F3N5OS/c1-14(32)19-9-15(5-7-23(19)33)16-10-20-21(13-35-28(20)34-12-16)27(37)25-22(30)6-8-24(26(25)31)36-38-18-4-2-3-17(29)11-18/h3,5-13,32,36H,2,4,33H2,1H3,(H,34,35). The van der Waals surface area contributed by atoms with Crippen LogP contribution in [-0.2, 0) is 0 Å². The number of aromatic amines is 1. The molecule has 0 aliphatic heterocycles. The Morgan fingerprint density at radius 1 is 1.13 bits per heavy atom. The third-order valence-electron chi connectivity index (χ3n) is 6.21. The number of nitrogens with zero attached hydrogens (tertiary/aromatic N) is 1. The number of fused-ring (bicyclic) bond motifs is 1. The van der Waals surface area contributed by atoms with Crippen LogP contribution < -0.4 is 10.5 Å². The van der Waals surface area contributed by atoms with Gasteiger partial charge in [0.15, 0.2) is 5.82 Å². The first-order chi connectivity index (χ1) is 18.2. The SMILES string of the molecule is CC(=N)c1cc(-c2cnc3[nH]cc(C(=O)c4c(F)ccc(NSC5=CC(F)=CCC5)c4F)c3c2)ccc1N. The molecular weight excluding hydrogens is 511 g/mol. The van der Waals surface area contributed by atoms with Gasteiger partial charge in [-0.2, -0.15) is 0 Å². The van der Waals surface area contributed by atoms with Crippen molar-refractivity contribution in [2.45, 2.75) is 19.8 Å². The van der Waals surface area contributed by atoms with Crippen molar-refractivity contribution in [1.82, 2.24) is 9.97 Å². The molecule has 6 nitrogen and oxygen atoms in total. The lowest BCUT2D eigenvalue weighted by atomic mass is 9.98. The minimum atomic E-state index is -1.04. The van der Waals surface area contributed by atoms with E-state index in [1.54, 1.807) is 37.4 Å². The van der Waals surface area contributed by atoms with Crippen LogP contribution in [0.2, 0.25) is 0 Å². The van der Waals surface area contributed by atoms with Gasteiger partial charge in [0.1, 0.15) is 17.3 Å². The second-order valence-electron chi connectivity index (χ2n) is 8.81. The number of allylic oxidation sites excluding steroid dienone is 4. The Morgan fingerprint density at radius 3 is 2.71 bits per heavy atom. The molecule has 0 fully saturated rings. The van der Waals surface area contributed by atoms with E-state index in [9.17, 15) is 13.6 Å². The zero-order chi connectivity index (χ0) is 27.0. The maximum Gasteiger partial charge on any atom is 0.201 e. The summed E-state index contributed by atoms with van der Waals surface area (Å²) in [7, 11) is 0. The number of carbonyl (C=O) groups is 1. The fourth-order valence-electron chi connectivity index (χ4n) is 4.22. The van der Waals surface area contributed by atoms with Gasteiger partial charge in [-0.1, -0.05) is 6.07 Å². The van der Waals surface area contributed by atoms with Crippen LogP contribution in [0.25, 0.3) is 22.2 Å². The highest BCUT2D eigenvalue weighted by molar-refractivity contribution is 8.04. The average Bonchev–Trinajstić information content (AvgIpc) is 3.32. The first kappa shape index (κ1) is 25.3. The summed E-state index contributed by atoms with van der Waals surface area (Å²) in [6.07, 6.45) is 6.88. The number of anilines is 2. The molecule has 0 atom stereocenters. The highest BCUT2D eigenvalue weighted by Crippen LogP contribution is 2.33. The van der Waals surface area contributed by atoms with Gasteiger partial charge in [0.2, 0.25) is 5.78 Å². The molecule has 0 saturated heterocycles. The van der Waals surface area contributed by atoms with Crippen molar-refractivity contribution in [3.05, 3.63) is 100 Å². The molecule has 5 N–H and O–H groups in total. The predicted molar refractivity (Wildman–Crippen MR) is 146 cm³/mol. The van der Waals surface area contributed by atoms with Gasteiger partial charge in [-0.3, -0.25) is 4.79 Å². The molecule has 2 aromatic carbocycles. The maximum absolute atomic E-state index is 15.4. The van der Waals surface area contributed by atoms with Crippen LogP contribution in [-0.4, -0.2) is 21.5 Å². The molecule has 0 radical (unpaired) electrons. The van der Waals surface area contributed by atoms with E-state index >= 15 is 4.39 Å². The Morgan fingerprint density at radius 2 is 1.95 bits per heavy atom. The maximum atomic E-state index is 15.4. The Bertz CT molecular complexity index is 1670. The molecule has 2 heterocycles. The van der Waals surface area contributed by atoms with Crippen molar-refractivity contribution in [3.63, 3.8) is 0 Å². The van der Waals surface area contributed by atoms with E-state index in [1.165, 1.54) is 24.4 Å². The fraction of sp³-hybridized carbons (Fsp3) is 0.107. The van der Waals surface area contributed by atoms with Crippen LogP contribution in [0, 0.1) is 17.0 Å². The minimum Gasteiger partial charge on any atom is -0.398 e. The Hall–Kier alpha value is -4.31. The number of carbonyl (C=O) groups excluding carboxylic acids is 1. The summed E-state index contributed by atoms with van der Waals surface area (Å²) < 4.78 is 46.5. The number of rotatable bonds is 7. The van der Waals surface area contributed by atoms with Gasteiger partial charge in [-0.25, -0.2) is 18.2 Å². The Labute approximate surface area is 220 Å². The van der Waals surface area contributed by atoms with Crippen LogP contribution in [0.3, 0.4) is 0 Å². The molecule has 0 spiro atoms. The number of hydrogen-bond donors (Lipinski definition) is 4. The molecule has 0 amide bonds. The number of nitrogens with one attached hydrogen (secondary N) is 3. The van der Waals surface area contributed by atoms with Crippen LogP contribution in [0.5, 0.6) is 0 Å². The molecule has 192 valence electrons.